The van der Waals surface area contributed by atoms with Crippen LogP contribution in [0, 0.1) is 23.2 Å². The number of fused-ring (bicyclic) bond motifs is 1. The van der Waals surface area contributed by atoms with Gasteiger partial charge < -0.3 is 29.5 Å². The number of likely N-dealkylation sites (N-methyl/N-ethyl adjacent to an activating group) is 1. The lowest BCUT2D eigenvalue weighted by atomic mass is 10.0. The Kier molecular flexibility index (Phi) is 6.62. The SMILES string of the molecule is CN1C(=O)[C@@H](NC(=O)c2cc(Oc3cccnc3C#N)ccn2)COc2ccc(C#CC3(O)COC3)cc21. The maximum absolute atomic E-state index is 13.2. The van der Waals surface area contributed by atoms with Crippen molar-refractivity contribution in [1.29, 1.82) is 5.26 Å². The van der Waals surface area contributed by atoms with Gasteiger partial charge in [-0.05, 0) is 36.4 Å². The van der Waals surface area contributed by atoms with E-state index in [2.05, 4.69) is 27.1 Å². The van der Waals surface area contributed by atoms with E-state index in [9.17, 15) is 20.0 Å². The van der Waals surface area contributed by atoms with Crippen LogP contribution >= 0.6 is 0 Å². The molecule has 2 aliphatic rings. The highest BCUT2D eigenvalue weighted by Crippen LogP contribution is 2.32. The van der Waals surface area contributed by atoms with E-state index in [-0.39, 0.29) is 42.7 Å². The summed E-state index contributed by atoms with van der Waals surface area (Å²) in [6.45, 7) is 0.214. The summed E-state index contributed by atoms with van der Waals surface area (Å²) in [6.07, 6.45) is 2.86. The quantitative estimate of drug-likeness (QED) is 0.496. The summed E-state index contributed by atoms with van der Waals surface area (Å²) in [7, 11) is 1.58. The first kappa shape index (κ1) is 24.7. The fourth-order valence-electron chi connectivity index (χ4n) is 3.75. The van der Waals surface area contributed by atoms with Crippen molar-refractivity contribution < 1.29 is 28.9 Å². The second kappa shape index (κ2) is 10.2. The number of nitrogens with zero attached hydrogens (tertiary/aromatic N) is 4. The van der Waals surface area contributed by atoms with Crippen LogP contribution in [0.15, 0.2) is 54.9 Å². The highest BCUT2D eigenvalue weighted by molar-refractivity contribution is 6.03. The molecule has 1 fully saturated rings. The second-order valence-corrected chi connectivity index (χ2v) is 8.63. The molecule has 2 amide bonds. The van der Waals surface area contributed by atoms with Gasteiger partial charge in [-0.2, -0.15) is 5.26 Å². The standard InChI is InChI=1S/C27H21N5O6/c1-32-22-11-17(6-8-27(35)15-36-16-27)4-5-24(22)37-14-21(26(32)34)31-25(33)19-12-18(7-10-30-19)38-23-3-2-9-29-20(23)13-28/h2-5,7,9-12,21,35H,14-16H2,1H3,(H,31,33)/t21-/m0/s1. The zero-order chi connectivity index (χ0) is 26.7. The number of hydrogen-bond acceptors (Lipinski definition) is 9. The van der Waals surface area contributed by atoms with Gasteiger partial charge in [0.2, 0.25) is 0 Å². The monoisotopic (exact) mass is 511 g/mol. The van der Waals surface area contributed by atoms with Crippen molar-refractivity contribution in [3.05, 3.63) is 71.8 Å². The molecule has 0 radical (unpaired) electrons. The molecular formula is C27H21N5O6. The predicted molar refractivity (Wildman–Crippen MR) is 133 cm³/mol. The van der Waals surface area contributed by atoms with Gasteiger partial charge in [-0.15, -0.1) is 0 Å². The molecule has 5 rings (SSSR count). The Balaban J connectivity index is 1.29. The van der Waals surface area contributed by atoms with Crippen LogP contribution in [0.3, 0.4) is 0 Å². The number of amides is 2. The Morgan fingerprint density at radius 2 is 2.08 bits per heavy atom. The number of rotatable bonds is 4. The van der Waals surface area contributed by atoms with Crippen molar-refractivity contribution in [2.45, 2.75) is 11.6 Å². The molecule has 0 spiro atoms. The molecule has 1 saturated heterocycles. The number of nitriles is 1. The minimum absolute atomic E-state index is 0.0116. The number of aliphatic hydroxyl groups is 1. The summed E-state index contributed by atoms with van der Waals surface area (Å²) in [5, 5.41) is 22.0. The molecule has 0 unspecified atom stereocenters. The smallest absolute Gasteiger partial charge is 0.270 e. The molecule has 0 saturated carbocycles. The van der Waals surface area contributed by atoms with E-state index >= 15 is 0 Å². The number of benzene rings is 1. The van der Waals surface area contributed by atoms with Gasteiger partial charge in [0, 0.05) is 31.1 Å². The normalized spacial score (nSPS) is 17.3. The molecule has 2 N–H and O–H groups in total. The average molecular weight is 511 g/mol. The van der Waals surface area contributed by atoms with E-state index in [0.717, 1.165) is 0 Å². The topological polar surface area (TPSA) is 147 Å². The van der Waals surface area contributed by atoms with Crippen LogP contribution in [0.5, 0.6) is 17.2 Å². The van der Waals surface area contributed by atoms with Crippen molar-refractivity contribution in [3.63, 3.8) is 0 Å². The first-order valence-electron chi connectivity index (χ1n) is 11.5. The predicted octanol–water partition coefficient (Wildman–Crippen LogP) is 1.41. The summed E-state index contributed by atoms with van der Waals surface area (Å²) in [5.41, 5.74) is 0.0173. The van der Waals surface area contributed by atoms with Gasteiger partial charge in [-0.3, -0.25) is 14.6 Å². The summed E-state index contributed by atoms with van der Waals surface area (Å²) >= 11 is 0. The lowest BCUT2D eigenvalue weighted by molar-refractivity contribution is -0.140. The van der Waals surface area contributed by atoms with Gasteiger partial charge in [0.1, 0.15) is 35.9 Å². The minimum atomic E-state index is -1.16. The van der Waals surface area contributed by atoms with Gasteiger partial charge in [0.25, 0.3) is 11.8 Å². The first-order chi connectivity index (χ1) is 18.3. The van der Waals surface area contributed by atoms with Crippen LogP contribution in [0.2, 0.25) is 0 Å². The van der Waals surface area contributed by atoms with Gasteiger partial charge in [-0.25, -0.2) is 4.98 Å². The molecule has 190 valence electrons. The van der Waals surface area contributed by atoms with Crippen molar-refractivity contribution in [3.8, 4) is 35.2 Å². The number of nitrogens with one attached hydrogen (secondary N) is 1. The van der Waals surface area contributed by atoms with Crippen LogP contribution in [0.4, 0.5) is 5.69 Å². The Morgan fingerprint density at radius 1 is 1.24 bits per heavy atom. The van der Waals surface area contributed by atoms with E-state index < -0.39 is 23.5 Å². The molecule has 38 heavy (non-hydrogen) atoms. The zero-order valence-electron chi connectivity index (χ0n) is 20.2. The average Bonchev–Trinajstić information content (AvgIpc) is 3.03. The van der Waals surface area contributed by atoms with E-state index in [1.165, 1.54) is 29.4 Å². The van der Waals surface area contributed by atoms with Gasteiger partial charge >= 0.3 is 0 Å². The van der Waals surface area contributed by atoms with Crippen molar-refractivity contribution in [1.82, 2.24) is 15.3 Å². The van der Waals surface area contributed by atoms with Crippen LogP contribution < -0.4 is 19.7 Å². The maximum atomic E-state index is 13.2. The number of carbonyl (C=O) groups is 2. The molecule has 1 aromatic carbocycles. The number of pyridine rings is 2. The third-order valence-corrected chi connectivity index (χ3v) is 5.85. The number of hydrogen-bond donors (Lipinski definition) is 2. The van der Waals surface area contributed by atoms with Crippen LogP contribution in [0.25, 0.3) is 0 Å². The molecule has 2 aromatic heterocycles. The van der Waals surface area contributed by atoms with Gasteiger partial charge in [0.05, 0.1) is 18.9 Å². The molecular weight excluding hydrogens is 490 g/mol. The van der Waals surface area contributed by atoms with Crippen molar-refractivity contribution in [2.24, 2.45) is 0 Å². The highest BCUT2D eigenvalue weighted by Gasteiger charge is 2.34. The summed E-state index contributed by atoms with van der Waals surface area (Å²) < 4.78 is 16.5. The Morgan fingerprint density at radius 3 is 2.84 bits per heavy atom. The molecule has 0 bridgehead atoms. The number of carbonyl (C=O) groups excluding carboxylic acids is 2. The molecule has 1 atom stereocenters. The number of aromatic nitrogens is 2. The fraction of sp³-hybridized carbons (Fsp3) is 0.222. The van der Waals surface area contributed by atoms with E-state index in [0.29, 0.717) is 17.0 Å². The molecule has 4 heterocycles. The minimum Gasteiger partial charge on any atom is -0.489 e. The fourth-order valence-corrected chi connectivity index (χ4v) is 3.75. The lowest BCUT2D eigenvalue weighted by Crippen LogP contribution is -2.49. The Bertz CT molecular complexity index is 1520. The van der Waals surface area contributed by atoms with E-state index in [1.807, 2.05) is 6.07 Å². The zero-order valence-corrected chi connectivity index (χ0v) is 20.2. The number of anilines is 1. The Labute approximate surface area is 217 Å². The first-order valence-corrected chi connectivity index (χ1v) is 11.5. The van der Waals surface area contributed by atoms with Crippen LogP contribution in [-0.4, -0.2) is 65.4 Å². The molecule has 11 heteroatoms. The van der Waals surface area contributed by atoms with Crippen molar-refractivity contribution >= 4 is 17.5 Å². The third-order valence-electron chi connectivity index (χ3n) is 5.85. The summed E-state index contributed by atoms with van der Waals surface area (Å²) in [4.78, 5) is 35.6. The van der Waals surface area contributed by atoms with Crippen LogP contribution in [0.1, 0.15) is 21.7 Å². The molecule has 2 aliphatic heterocycles. The second-order valence-electron chi connectivity index (χ2n) is 8.63. The van der Waals surface area contributed by atoms with Crippen molar-refractivity contribution in [2.75, 3.05) is 31.8 Å². The van der Waals surface area contributed by atoms with Gasteiger partial charge in [0.15, 0.2) is 17.0 Å². The van der Waals surface area contributed by atoms with E-state index in [1.54, 1.807) is 37.4 Å². The Hall–Kier alpha value is -4.97. The third kappa shape index (κ3) is 5.11. The summed E-state index contributed by atoms with van der Waals surface area (Å²) in [6, 6.07) is 12.2. The molecule has 3 aromatic rings. The lowest BCUT2D eigenvalue weighted by Gasteiger charge is -2.30. The largest absolute Gasteiger partial charge is 0.489 e. The molecule has 0 aliphatic carbocycles. The highest BCUT2D eigenvalue weighted by atomic mass is 16.5. The van der Waals surface area contributed by atoms with E-state index in [4.69, 9.17) is 14.2 Å². The number of ether oxygens (including phenoxy) is 3. The summed E-state index contributed by atoms with van der Waals surface area (Å²) in [5.74, 6) is 5.64. The maximum Gasteiger partial charge on any atom is 0.270 e. The van der Waals surface area contributed by atoms with Gasteiger partial charge in [-0.1, -0.05) is 11.8 Å². The molecule has 11 nitrogen and oxygen atoms in total. The van der Waals surface area contributed by atoms with Crippen LogP contribution in [-0.2, 0) is 9.53 Å².